The van der Waals surface area contributed by atoms with E-state index in [-0.39, 0.29) is 18.6 Å². The molecule has 0 saturated carbocycles. The van der Waals surface area contributed by atoms with Crippen LogP contribution in [0.1, 0.15) is 37.9 Å². The first-order valence-corrected chi connectivity index (χ1v) is 14.1. The number of aromatic nitrogens is 1. The molecule has 0 spiro atoms. The molecule has 11 nitrogen and oxygen atoms in total. The van der Waals surface area contributed by atoms with Crippen molar-refractivity contribution in [3.05, 3.63) is 84.1 Å². The van der Waals surface area contributed by atoms with Crippen molar-refractivity contribution in [2.45, 2.75) is 45.6 Å². The van der Waals surface area contributed by atoms with Crippen LogP contribution in [0.2, 0.25) is 0 Å². The van der Waals surface area contributed by atoms with Gasteiger partial charge in [0.25, 0.3) is 0 Å². The molecule has 1 aromatic heterocycles. The quantitative estimate of drug-likeness (QED) is 0.132. The number of nitrogen functional groups attached to an aromatic ring is 1. The van der Waals surface area contributed by atoms with E-state index in [9.17, 15) is 28.0 Å². The molecular formula is C31H34BF3N4O7. The zero-order valence-corrected chi connectivity index (χ0v) is 25.2. The van der Waals surface area contributed by atoms with Gasteiger partial charge in [-0.2, -0.15) is 13.2 Å². The van der Waals surface area contributed by atoms with Gasteiger partial charge in [-0.1, -0.05) is 30.3 Å². The van der Waals surface area contributed by atoms with Crippen molar-refractivity contribution >= 4 is 46.7 Å². The van der Waals surface area contributed by atoms with Crippen LogP contribution < -0.4 is 31.3 Å². The Morgan fingerprint density at radius 1 is 1.02 bits per heavy atom. The van der Waals surface area contributed by atoms with Gasteiger partial charge in [0, 0.05) is 23.8 Å². The number of carboxylic acids is 1. The lowest BCUT2D eigenvalue weighted by molar-refractivity contribution is -0.192. The summed E-state index contributed by atoms with van der Waals surface area (Å²) in [5.74, 6) is -1.45. The Hall–Kier alpha value is -5.02. The number of anilines is 2. The largest absolute Gasteiger partial charge is 0.490 e. The fourth-order valence-electron chi connectivity index (χ4n) is 4.24. The number of nitrogens with two attached hydrogens (primary N) is 1. The molecule has 0 radical (unpaired) electrons. The number of aliphatic carboxylic acids is 1. The number of amides is 1. The number of fused-ring (bicyclic) bond motifs is 1. The van der Waals surface area contributed by atoms with Crippen LogP contribution in [0.5, 0.6) is 11.5 Å². The summed E-state index contributed by atoms with van der Waals surface area (Å²) < 4.78 is 43.5. The number of ether oxygens (including phenoxy) is 2. The maximum Gasteiger partial charge on any atom is 0.490 e. The summed E-state index contributed by atoms with van der Waals surface area (Å²) >= 11 is 0. The summed E-state index contributed by atoms with van der Waals surface area (Å²) in [7, 11) is -1.59. The number of benzene rings is 3. The third-order valence-electron chi connectivity index (χ3n) is 6.29. The number of halogens is 3. The highest BCUT2D eigenvalue weighted by molar-refractivity contribution is 6.58. The molecule has 1 unspecified atom stereocenters. The van der Waals surface area contributed by atoms with Crippen LogP contribution in [-0.2, 0) is 16.1 Å². The summed E-state index contributed by atoms with van der Waals surface area (Å²) in [5, 5.41) is 34.1. The van der Waals surface area contributed by atoms with E-state index >= 15 is 0 Å². The molecule has 0 aliphatic carbocycles. The molecule has 4 rings (SSSR count). The number of alkyl halides is 3. The van der Waals surface area contributed by atoms with Crippen LogP contribution in [0, 0.1) is 0 Å². The van der Waals surface area contributed by atoms with E-state index in [4.69, 9.17) is 25.1 Å². The minimum atomic E-state index is -5.08. The van der Waals surface area contributed by atoms with Gasteiger partial charge in [0.1, 0.15) is 11.9 Å². The van der Waals surface area contributed by atoms with Crippen molar-refractivity contribution < 1.29 is 47.4 Å². The fourth-order valence-corrected chi connectivity index (χ4v) is 4.24. The molecule has 0 aliphatic heterocycles. The molecule has 0 saturated heterocycles. The summed E-state index contributed by atoms with van der Waals surface area (Å²) in [4.78, 5) is 26.6. The highest BCUT2D eigenvalue weighted by Crippen LogP contribution is 2.33. The van der Waals surface area contributed by atoms with Gasteiger partial charge in [-0.3, -0.25) is 4.79 Å². The van der Waals surface area contributed by atoms with Crippen LogP contribution >= 0.6 is 0 Å². The maximum absolute atomic E-state index is 13.6. The Bertz CT molecular complexity index is 1650. The van der Waals surface area contributed by atoms with Crippen molar-refractivity contribution in [2.24, 2.45) is 0 Å². The van der Waals surface area contributed by atoms with E-state index in [0.29, 0.717) is 35.0 Å². The van der Waals surface area contributed by atoms with E-state index in [1.807, 2.05) is 63.2 Å². The molecule has 4 aromatic rings. The lowest BCUT2D eigenvalue weighted by Crippen LogP contribution is -2.34. The average molecular weight is 642 g/mol. The van der Waals surface area contributed by atoms with Crippen LogP contribution in [0.15, 0.2) is 72.9 Å². The molecule has 1 amide bonds. The zero-order chi connectivity index (χ0) is 34.0. The van der Waals surface area contributed by atoms with Gasteiger partial charge in [0.2, 0.25) is 5.91 Å². The first-order valence-electron chi connectivity index (χ1n) is 14.1. The predicted octanol–water partition coefficient (Wildman–Crippen LogP) is 3.79. The molecule has 0 fully saturated rings. The summed E-state index contributed by atoms with van der Waals surface area (Å²) in [6.45, 7) is 6.41. The molecule has 0 aliphatic rings. The van der Waals surface area contributed by atoms with Gasteiger partial charge in [-0.25, -0.2) is 9.78 Å². The number of nitrogens with zero attached hydrogens (tertiary/aromatic N) is 1. The van der Waals surface area contributed by atoms with Gasteiger partial charge in [-0.15, -0.1) is 0 Å². The average Bonchev–Trinajstić information content (AvgIpc) is 2.99. The normalized spacial score (nSPS) is 11.7. The Morgan fingerprint density at radius 3 is 2.37 bits per heavy atom. The fraction of sp³-hybridized carbons (Fsp3) is 0.258. The van der Waals surface area contributed by atoms with Crippen LogP contribution in [-0.4, -0.2) is 58.0 Å². The summed E-state index contributed by atoms with van der Waals surface area (Å²) in [6, 6.07) is 18.9. The number of carbonyl (C=O) groups excluding carboxylic acids is 1. The monoisotopic (exact) mass is 642 g/mol. The maximum atomic E-state index is 13.6. The van der Waals surface area contributed by atoms with Crippen molar-refractivity contribution in [3.63, 3.8) is 0 Å². The molecule has 3 aromatic carbocycles. The Kier molecular flexibility index (Phi) is 12.2. The number of hydrogen-bond acceptors (Lipinski definition) is 9. The minimum Gasteiger partial charge on any atom is -0.490 e. The topological polar surface area (TPSA) is 176 Å². The van der Waals surface area contributed by atoms with Gasteiger partial charge >= 0.3 is 19.3 Å². The van der Waals surface area contributed by atoms with Crippen molar-refractivity contribution in [3.8, 4) is 11.5 Å². The van der Waals surface area contributed by atoms with Crippen LogP contribution in [0.25, 0.3) is 10.8 Å². The third-order valence-corrected chi connectivity index (χ3v) is 6.29. The molecule has 244 valence electrons. The number of pyridine rings is 1. The summed E-state index contributed by atoms with van der Waals surface area (Å²) in [5.41, 5.74) is 8.50. The molecule has 46 heavy (non-hydrogen) atoms. The smallest absolute Gasteiger partial charge is 0.490 e. The van der Waals surface area contributed by atoms with Crippen LogP contribution in [0.3, 0.4) is 0 Å². The number of nitrogens with one attached hydrogen (secondary N) is 2. The van der Waals surface area contributed by atoms with Gasteiger partial charge < -0.3 is 41.0 Å². The van der Waals surface area contributed by atoms with Gasteiger partial charge in [0.05, 0.1) is 12.7 Å². The Morgan fingerprint density at radius 2 is 1.74 bits per heavy atom. The van der Waals surface area contributed by atoms with Crippen LogP contribution in [0.4, 0.5) is 24.7 Å². The second-order valence-electron chi connectivity index (χ2n) is 10.2. The lowest BCUT2D eigenvalue weighted by atomic mass is 9.79. The van der Waals surface area contributed by atoms with Gasteiger partial charge in [0.15, 0.2) is 11.5 Å². The first kappa shape index (κ1) is 35.5. The molecule has 0 bridgehead atoms. The Balaban J connectivity index is 0.000000738. The molecule has 1 heterocycles. The standard InChI is InChI=1S/C29H33BN4O5.C2HF3O2/c1-4-38-26-16-21(8-11-25(26)39-18(2)3)27(29(35)33-17-19-6-5-7-22(14-19)30(36)37)34-23-9-10-24-20(15-23)12-13-32-28(24)31;3-2(4,5)1(6)7/h5-16,18,27,34,36-37H,4,17H2,1-3H3,(H2,31,32)(H,33,35);(H,6,7). The minimum absolute atomic E-state index is 0.0417. The van der Waals surface area contributed by atoms with E-state index in [1.165, 1.54) is 0 Å². The highest BCUT2D eigenvalue weighted by atomic mass is 19.4. The molecule has 15 heteroatoms. The van der Waals surface area contributed by atoms with E-state index < -0.39 is 25.3 Å². The highest BCUT2D eigenvalue weighted by Gasteiger charge is 2.38. The van der Waals surface area contributed by atoms with E-state index in [2.05, 4.69) is 15.6 Å². The SMILES string of the molecule is CCOc1cc(C(Nc2ccc3c(N)nccc3c2)C(=O)NCc2cccc(B(O)O)c2)ccc1OC(C)C.O=C(O)C(F)(F)F. The number of carboxylic acid groups (broad SMARTS) is 1. The second kappa shape index (κ2) is 15.8. The molecule has 7 N–H and O–H groups in total. The van der Waals surface area contributed by atoms with Crippen molar-refractivity contribution in [1.29, 1.82) is 0 Å². The van der Waals surface area contributed by atoms with Crippen molar-refractivity contribution in [1.82, 2.24) is 10.3 Å². The zero-order valence-electron chi connectivity index (χ0n) is 25.2. The lowest BCUT2D eigenvalue weighted by Gasteiger charge is -2.22. The molecular weight excluding hydrogens is 608 g/mol. The predicted molar refractivity (Wildman–Crippen MR) is 168 cm³/mol. The Labute approximate surface area is 263 Å². The number of carbonyl (C=O) groups is 2. The van der Waals surface area contributed by atoms with Crippen molar-refractivity contribution in [2.75, 3.05) is 17.7 Å². The van der Waals surface area contributed by atoms with Gasteiger partial charge in [-0.05, 0) is 79.1 Å². The number of hydrogen-bond donors (Lipinski definition) is 6. The summed E-state index contributed by atoms with van der Waals surface area (Å²) in [6.07, 6.45) is -3.48. The second-order valence-corrected chi connectivity index (χ2v) is 10.2. The molecule has 1 atom stereocenters. The third kappa shape index (κ3) is 10.0. The van der Waals surface area contributed by atoms with E-state index in [1.54, 1.807) is 30.5 Å². The number of rotatable bonds is 11. The first-order chi connectivity index (χ1) is 21.7. The van der Waals surface area contributed by atoms with E-state index in [0.717, 1.165) is 22.0 Å².